The molecule has 0 aliphatic heterocycles. The second-order valence-corrected chi connectivity index (χ2v) is 34.6. The number of aryl methyl sites for hydroxylation is 8. The molecule has 11 aromatic rings. The first-order valence-corrected chi connectivity index (χ1v) is 47.8. The van der Waals surface area contributed by atoms with E-state index in [0.717, 1.165) is 12.3 Å². The number of nitrogens with one attached hydrogen (secondary N) is 13. The van der Waals surface area contributed by atoms with Gasteiger partial charge in [-0.2, -0.15) is 0 Å². The zero-order chi connectivity index (χ0) is 104. The smallest absolute Gasteiger partial charge is 0.291 e. The number of halogens is 1. The highest BCUT2D eigenvalue weighted by atomic mass is 32.2. The summed E-state index contributed by atoms with van der Waals surface area (Å²) in [7, 11) is 8.93. The molecule has 11 rings (SSSR count). The van der Waals surface area contributed by atoms with Gasteiger partial charge in [-0.05, 0) is 67.9 Å². The van der Waals surface area contributed by atoms with Gasteiger partial charge in [0.15, 0.2) is 44.7 Å². The number of rotatable bonds is 60. The van der Waals surface area contributed by atoms with Crippen LogP contribution in [-0.4, -0.2) is 299 Å². The second kappa shape index (κ2) is 54.0. The molecule has 9 heterocycles. The van der Waals surface area contributed by atoms with Crippen molar-refractivity contribution in [3.63, 3.8) is 0 Å². The third-order valence-corrected chi connectivity index (χ3v) is 22.4. The van der Waals surface area contributed by atoms with Crippen LogP contribution in [0.3, 0.4) is 0 Å². The summed E-state index contributed by atoms with van der Waals surface area (Å²) in [5.74, 6) is -6.56. The van der Waals surface area contributed by atoms with Crippen molar-refractivity contribution in [1.29, 1.82) is 0 Å². The minimum absolute atomic E-state index is 0.00987. The van der Waals surface area contributed by atoms with Crippen molar-refractivity contribution in [1.82, 2.24) is 93.4 Å². The van der Waals surface area contributed by atoms with E-state index < -0.39 is 86.2 Å². The van der Waals surface area contributed by atoms with Gasteiger partial charge in [0.2, 0.25) is 41.1 Å². The Morgan fingerprint density at radius 2 is 0.814 bits per heavy atom. The van der Waals surface area contributed by atoms with Crippen LogP contribution in [-0.2, 0) is 123 Å². The number of anilines is 6. The molecule has 0 bridgehead atoms. The van der Waals surface area contributed by atoms with Crippen molar-refractivity contribution in [3.8, 4) is 28.4 Å². The minimum atomic E-state index is -3.72. The highest BCUT2D eigenvalue weighted by Gasteiger charge is 2.27. The van der Waals surface area contributed by atoms with Gasteiger partial charge in [0.25, 0.3) is 52.8 Å². The molecule has 0 fully saturated rings. The van der Waals surface area contributed by atoms with Gasteiger partial charge >= 0.3 is 0 Å². The molecule has 0 radical (unpaired) electrons. The Balaban J connectivity index is 0.450. The number of nitrogens with zero attached hydrogens (tertiary/aromatic N) is 12. The molecule has 0 spiro atoms. The number of benzene rings is 2. The fourth-order valence-corrected chi connectivity index (χ4v) is 14.8. The topological polar surface area (TPSA) is 599 Å². The van der Waals surface area contributed by atoms with E-state index in [2.05, 4.69) is 88.7 Å². The lowest BCUT2D eigenvalue weighted by molar-refractivity contribution is -0.121. The van der Waals surface area contributed by atoms with E-state index in [4.69, 9.17) is 47.4 Å². The number of aromatic amines is 1. The molecular weight excluding hydrogens is 1920 g/mol. The zero-order valence-electron chi connectivity index (χ0n) is 81.6. The van der Waals surface area contributed by atoms with Crippen LogP contribution in [0.2, 0.25) is 0 Å². The molecule has 9 aromatic heterocycles. The fourth-order valence-electron chi connectivity index (χ4n) is 14.2. The number of amides is 12. The lowest BCUT2D eigenvalue weighted by atomic mass is 10.0. The van der Waals surface area contributed by atoms with Crippen LogP contribution in [0.1, 0.15) is 123 Å². The molecule has 145 heavy (non-hydrogen) atoms. The number of fused-ring (bicyclic) bond motifs is 1. The summed E-state index contributed by atoms with van der Waals surface area (Å²) >= 11 is 0. The maximum absolute atomic E-state index is 15.6. The molecular formula is C93H118FN25O25S. The highest BCUT2D eigenvalue weighted by Crippen LogP contribution is 2.40. The largest absolute Gasteiger partial charge is 0.491 e. The monoisotopic (exact) mass is 2040 g/mol. The standard InChI is InChI=1S/C93H118FN25O25S/c1-11-95-85(124)67-50-64-65(54-119(9)93(132)80(64)105-67)63-49-62(145(10,133)134)15-17-71(63)144-72-16-14-61(48-66(72)94)143-44-43-142-42-41-141-40-39-140-38-37-139-36-35-138-34-33-137-32-31-136-30-29-135-28-26-96-76(120)18-22-100-90(129)83-110-75(57-117(83)7)111-88(127)70-45-58(51-115(70)5)102-78(122)19-24-101-89(128)82-108-73(55-116(82)6)106-77(121)13-12-21-98-86(125)68-47-60(53-113(68)3)104-92(131)84-109-74(56-118(84)8)107-79(123)20-23-99-87(126)69-46-59(52-114(69)4)103-91(130)81-97-25-27-112(81)2/h14-17,25,27,45-57,105H,11-13,18-24,26,28-44H2,1-10H3,(H,95,124)(H,96,120)(H,98,125)(H,99,126)(H,100,129)(H,101,128)(H,102,122)(H,103,130)(H,104,131)(H,106,121)(H,107,123)(H,111,127). The number of pyridine rings is 1. The summed E-state index contributed by atoms with van der Waals surface area (Å²) in [6.45, 7) is 7.55. The van der Waals surface area contributed by atoms with Crippen LogP contribution >= 0.6 is 0 Å². The number of carbonyl (C=O) groups excluding carboxylic acids is 12. The molecule has 12 amide bonds. The summed E-state index contributed by atoms with van der Waals surface area (Å²) in [6, 6.07) is 14.0. The number of carbonyl (C=O) groups is 12. The molecule has 0 aliphatic carbocycles. The Bertz CT molecular complexity index is 6600. The second-order valence-electron chi connectivity index (χ2n) is 32.6. The lowest BCUT2D eigenvalue weighted by Crippen LogP contribution is -2.33. The van der Waals surface area contributed by atoms with Crippen molar-refractivity contribution in [3.05, 3.63) is 179 Å². The Hall–Kier alpha value is -15.6. The van der Waals surface area contributed by atoms with Gasteiger partial charge in [-0.1, -0.05) is 0 Å². The summed E-state index contributed by atoms with van der Waals surface area (Å²) in [5, 5.41) is 32.4. The number of aromatic nitrogens is 13. The number of H-pyrrole nitrogens is 1. The fraction of sp³-hybridized carbons (Fsp3) is 0.409. The van der Waals surface area contributed by atoms with Crippen LogP contribution < -0.4 is 78.8 Å². The van der Waals surface area contributed by atoms with E-state index in [0.29, 0.717) is 102 Å². The molecule has 52 heteroatoms. The van der Waals surface area contributed by atoms with Crippen molar-refractivity contribution >= 4 is 126 Å². The first kappa shape index (κ1) is 110. The van der Waals surface area contributed by atoms with Gasteiger partial charge in [-0.3, -0.25) is 62.3 Å². The number of hydrogen-bond acceptors (Lipinski definition) is 29. The van der Waals surface area contributed by atoms with Crippen LogP contribution in [0.15, 0.2) is 126 Å². The lowest BCUT2D eigenvalue weighted by Gasteiger charge is -2.15. The number of hydrogen-bond donors (Lipinski definition) is 13. The summed E-state index contributed by atoms with van der Waals surface area (Å²) in [5.41, 5.74) is 1.85. The van der Waals surface area contributed by atoms with E-state index in [9.17, 15) is 70.7 Å². The van der Waals surface area contributed by atoms with E-state index in [-0.39, 0.29) is 212 Å². The van der Waals surface area contributed by atoms with Gasteiger partial charge < -0.3 is 153 Å². The van der Waals surface area contributed by atoms with Gasteiger partial charge in [-0.15, -0.1) is 0 Å². The molecule has 778 valence electrons. The third-order valence-electron chi connectivity index (χ3n) is 21.3. The Labute approximate surface area is 830 Å². The normalized spacial score (nSPS) is 11.3. The molecule has 0 saturated heterocycles. The number of sulfone groups is 1. The SMILES string of the molecule is CCNC(=O)c1cc2c(-c3cc(S(C)(=O)=O)ccc3Oc3ccc(OCCOCCOCCOCCOCCOCCOCCOCCOCCNC(=O)CCNC(=O)c4nc(NC(=O)c5cc(NC(=O)CCNC(=O)c6nc(NC(=O)CCCNC(=O)c7cc(NC(=O)c8nc(NC(=O)CCNC(=O)c9cc(NC(=O)c%10nccn%10C)cn9C)cn8C)cn7C)cn6C)cn5C)cn4C)cc3F)cn(C)c(=O)c2[nH]1. The molecule has 0 aliphatic rings. The third kappa shape index (κ3) is 33.0. The first-order chi connectivity index (χ1) is 69.6. The maximum Gasteiger partial charge on any atom is 0.291 e. The molecule has 2 aromatic carbocycles. The van der Waals surface area contributed by atoms with Crippen LogP contribution in [0.5, 0.6) is 17.2 Å². The number of imidazole rings is 4. The summed E-state index contributed by atoms with van der Waals surface area (Å²) < 4.78 is 109. The molecule has 0 unspecified atom stereocenters. The van der Waals surface area contributed by atoms with Crippen LogP contribution in [0, 0.1) is 5.82 Å². The van der Waals surface area contributed by atoms with E-state index >= 15 is 4.39 Å². The van der Waals surface area contributed by atoms with Crippen molar-refractivity contribution in [2.75, 3.05) is 190 Å². The average molecular weight is 2040 g/mol. The van der Waals surface area contributed by atoms with Crippen molar-refractivity contribution in [2.24, 2.45) is 56.4 Å². The molecule has 0 saturated carbocycles. The zero-order valence-corrected chi connectivity index (χ0v) is 82.4. The van der Waals surface area contributed by atoms with Gasteiger partial charge in [-0.25, -0.2) is 32.7 Å². The predicted octanol–water partition coefficient (Wildman–Crippen LogP) is 3.44. The molecule has 13 N–H and O–H groups in total. The Morgan fingerprint density at radius 1 is 0.379 bits per heavy atom. The van der Waals surface area contributed by atoms with Gasteiger partial charge in [0.1, 0.15) is 46.4 Å². The average Bonchev–Trinajstić information content (AvgIpc) is 1.67. The number of ether oxygens (including phenoxy) is 10. The van der Waals surface area contributed by atoms with Crippen LogP contribution in [0.25, 0.3) is 22.0 Å². The molecule has 50 nitrogen and oxygen atoms in total. The van der Waals surface area contributed by atoms with Gasteiger partial charge in [0, 0.05) is 206 Å². The van der Waals surface area contributed by atoms with Crippen molar-refractivity contribution < 1.29 is 118 Å². The summed E-state index contributed by atoms with van der Waals surface area (Å²) in [4.78, 5) is 188. The van der Waals surface area contributed by atoms with E-state index in [1.807, 2.05) is 0 Å². The Kier molecular flexibility index (Phi) is 40.9. The summed E-state index contributed by atoms with van der Waals surface area (Å²) in [6.07, 6.45) is 14.4. The quantitative estimate of drug-likeness (QED) is 0.0243. The van der Waals surface area contributed by atoms with E-state index in [1.165, 1.54) is 137 Å². The minimum Gasteiger partial charge on any atom is -0.491 e. The Morgan fingerprint density at radius 3 is 1.30 bits per heavy atom. The highest BCUT2D eigenvalue weighted by molar-refractivity contribution is 7.90. The van der Waals surface area contributed by atoms with Crippen LogP contribution in [0.4, 0.5) is 38.9 Å². The predicted molar refractivity (Wildman–Crippen MR) is 523 cm³/mol. The van der Waals surface area contributed by atoms with Crippen molar-refractivity contribution in [2.45, 2.75) is 43.9 Å². The maximum atomic E-state index is 15.6. The molecule has 0 atom stereocenters. The van der Waals surface area contributed by atoms with Gasteiger partial charge in [0.05, 0.1) is 128 Å². The first-order valence-electron chi connectivity index (χ1n) is 45.9. The van der Waals surface area contributed by atoms with E-state index in [1.54, 1.807) is 73.2 Å².